The van der Waals surface area contributed by atoms with Crippen molar-refractivity contribution in [2.45, 2.75) is 55.9 Å². The molecule has 120 valence electrons. The van der Waals surface area contributed by atoms with Crippen molar-refractivity contribution in [2.75, 3.05) is 0 Å². The molecule has 1 heterocycles. The third-order valence-corrected chi connectivity index (χ3v) is 3.55. The van der Waals surface area contributed by atoms with Gasteiger partial charge in [0.15, 0.2) is 12.2 Å². The van der Waals surface area contributed by atoms with Crippen molar-refractivity contribution in [1.82, 2.24) is 0 Å². The van der Waals surface area contributed by atoms with Gasteiger partial charge in [0.2, 0.25) is 6.10 Å². The number of hydrogen-bond donors (Lipinski definition) is 1. The first-order valence-corrected chi connectivity index (χ1v) is 7.23. The first kappa shape index (κ1) is 18.1. The first-order valence-electron chi connectivity index (χ1n) is 6.15. The van der Waals surface area contributed by atoms with Crippen LogP contribution in [-0.4, -0.2) is 51.2 Å². The Balaban J connectivity index is 3.15. The lowest BCUT2D eigenvalue weighted by Gasteiger charge is -2.45. The molecule has 21 heavy (non-hydrogen) atoms. The molecule has 9 heteroatoms. The summed E-state index contributed by atoms with van der Waals surface area (Å²) in [6.45, 7) is 5.01. The predicted molar refractivity (Wildman–Crippen MR) is 76.2 cm³/mol. The largest absolute Gasteiger partial charge is 0.456 e. The molecule has 0 aromatic rings. The second-order valence-electron chi connectivity index (χ2n) is 4.61. The van der Waals surface area contributed by atoms with Crippen LogP contribution in [0.1, 0.15) is 27.7 Å². The lowest BCUT2D eigenvalue weighted by molar-refractivity contribution is -0.296. The normalized spacial score (nSPS) is 35.7. The molecule has 1 rings (SSSR count). The molecular weight excluding hydrogens is 399 g/mol. The summed E-state index contributed by atoms with van der Waals surface area (Å²) in [6.07, 6.45) is -4.29. The van der Waals surface area contributed by atoms with Gasteiger partial charge in [-0.1, -0.05) is 0 Å². The number of halogens is 1. The van der Waals surface area contributed by atoms with Crippen LogP contribution >= 0.6 is 22.6 Å². The lowest BCUT2D eigenvalue weighted by Crippen LogP contribution is -2.64. The van der Waals surface area contributed by atoms with Crippen molar-refractivity contribution in [3.05, 3.63) is 0 Å². The zero-order valence-electron chi connectivity index (χ0n) is 12.0. The minimum atomic E-state index is -1.92. The molecule has 1 aliphatic rings. The number of alkyl halides is 1. The molecule has 0 amide bonds. The third kappa shape index (κ3) is 4.78. The van der Waals surface area contributed by atoms with Crippen LogP contribution in [0.2, 0.25) is 0 Å². The highest BCUT2D eigenvalue weighted by Crippen LogP contribution is 2.37. The second kappa shape index (κ2) is 6.88. The van der Waals surface area contributed by atoms with Crippen molar-refractivity contribution in [1.29, 1.82) is 0 Å². The summed E-state index contributed by atoms with van der Waals surface area (Å²) >= 11 is 1.53. The van der Waals surface area contributed by atoms with Crippen LogP contribution in [-0.2, 0) is 33.3 Å². The quantitative estimate of drug-likeness (QED) is 0.303. The Morgan fingerprint density at radius 3 is 1.86 bits per heavy atom. The highest BCUT2D eigenvalue weighted by atomic mass is 127. The van der Waals surface area contributed by atoms with E-state index in [1.54, 1.807) is 0 Å². The Morgan fingerprint density at radius 2 is 1.43 bits per heavy atom. The van der Waals surface area contributed by atoms with Crippen LogP contribution in [0.4, 0.5) is 0 Å². The predicted octanol–water partition coefficient (Wildman–Crippen LogP) is 0.281. The first-order chi connectivity index (χ1) is 9.54. The Morgan fingerprint density at radius 1 is 1.00 bits per heavy atom. The van der Waals surface area contributed by atoms with Gasteiger partial charge < -0.3 is 24.1 Å². The zero-order valence-corrected chi connectivity index (χ0v) is 14.1. The van der Waals surface area contributed by atoms with Gasteiger partial charge in [0.1, 0.15) is 0 Å². The van der Waals surface area contributed by atoms with E-state index in [0.717, 1.165) is 13.8 Å². The summed E-state index contributed by atoms with van der Waals surface area (Å²) in [5.74, 6) is -1.99. The van der Waals surface area contributed by atoms with Crippen LogP contribution in [0.15, 0.2) is 0 Å². The smallest absolute Gasteiger partial charge is 0.303 e. The van der Waals surface area contributed by atoms with Crippen molar-refractivity contribution in [3.63, 3.8) is 0 Å². The molecule has 0 aliphatic carbocycles. The van der Waals surface area contributed by atoms with Crippen molar-refractivity contribution < 1.29 is 38.4 Å². The van der Waals surface area contributed by atoms with Crippen LogP contribution in [0.5, 0.6) is 0 Å². The number of rotatable bonds is 3. The van der Waals surface area contributed by atoms with Gasteiger partial charge in [0, 0.05) is 20.8 Å². The maximum absolute atomic E-state index is 11.3. The average Bonchev–Trinajstić information content (AvgIpc) is 2.27. The number of hydrogen-bond acceptors (Lipinski definition) is 8. The summed E-state index contributed by atoms with van der Waals surface area (Å²) < 4.78 is 18.5. The Hall–Kier alpha value is -0.940. The van der Waals surface area contributed by atoms with Gasteiger partial charge in [0.05, 0.1) is 6.10 Å². The number of carbonyl (C=O) groups is 3. The van der Waals surface area contributed by atoms with Gasteiger partial charge in [-0.15, -0.1) is 0 Å². The van der Waals surface area contributed by atoms with Crippen molar-refractivity contribution in [3.8, 4) is 0 Å². The van der Waals surface area contributed by atoms with E-state index in [0.29, 0.717) is 0 Å². The maximum Gasteiger partial charge on any atom is 0.303 e. The molecule has 0 radical (unpaired) electrons. The van der Waals surface area contributed by atoms with E-state index in [1.165, 1.54) is 36.4 Å². The molecule has 1 fully saturated rings. The van der Waals surface area contributed by atoms with Crippen molar-refractivity contribution in [2.24, 2.45) is 0 Å². The van der Waals surface area contributed by atoms with Crippen molar-refractivity contribution >= 4 is 40.5 Å². The van der Waals surface area contributed by atoms with Gasteiger partial charge in [0.25, 0.3) is 3.79 Å². The van der Waals surface area contributed by atoms with Crippen LogP contribution in [0.25, 0.3) is 0 Å². The molecular formula is C12H17IO8. The number of ether oxygens (including phenoxy) is 4. The fourth-order valence-electron chi connectivity index (χ4n) is 2.03. The molecule has 0 spiro atoms. The number of aliphatic hydroxyl groups is 1. The fraction of sp³-hybridized carbons (Fsp3) is 0.750. The van der Waals surface area contributed by atoms with E-state index < -0.39 is 46.1 Å². The molecule has 0 aromatic heterocycles. The molecule has 0 aromatic carbocycles. The molecule has 1 N–H and O–H groups in total. The van der Waals surface area contributed by atoms with Gasteiger partial charge in [-0.25, -0.2) is 0 Å². The van der Waals surface area contributed by atoms with E-state index in [-0.39, 0.29) is 0 Å². The average molecular weight is 416 g/mol. The van der Waals surface area contributed by atoms with Gasteiger partial charge in [-0.3, -0.25) is 14.4 Å². The van der Waals surface area contributed by atoms with E-state index in [1.807, 2.05) is 0 Å². The SMILES string of the molecule is CC(=O)O[C@@H]1[C@@H](OC(C)=O)[C@@H](OC(C)=O)[C@@](O)(I)O[C@H]1C. The van der Waals surface area contributed by atoms with Gasteiger partial charge >= 0.3 is 17.9 Å². The van der Waals surface area contributed by atoms with Crippen LogP contribution < -0.4 is 0 Å². The molecule has 1 aliphatic heterocycles. The van der Waals surface area contributed by atoms with Crippen LogP contribution in [0, 0.1) is 0 Å². The molecule has 0 saturated carbocycles. The van der Waals surface area contributed by atoms with E-state index in [9.17, 15) is 19.5 Å². The molecule has 0 unspecified atom stereocenters. The standard InChI is InChI=1S/C12H17IO8/c1-5-9(18-6(2)14)10(19-7(3)15)11(20-8(4)16)12(13,17)21-5/h5,9-11,17H,1-4H3/t5-,9-,10+,11+,12-/m0/s1. The topological polar surface area (TPSA) is 108 Å². The Kier molecular flexibility index (Phi) is 5.93. The Labute approximate surface area is 135 Å². The number of esters is 3. The fourth-order valence-corrected chi connectivity index (χ4v) is 2.91. The van der Waals surface area contributed by atoms with E-state index >= 15 is 0 Å². The number of carbonyl (C=O) groups excluding carboxylic acids is 3. The minimum absolute atomic E-state index is 0.618. The molecule has 1 saturated heterocycles. The molecule has 0 bridgehead atoms. The summed E-state index contributed by atoms with van der Waals surface area (Å²) in [5.41, 5.74) is 0. The zero-order chi connectivity index (χ0) is 16.4. The van der Waals surface area contributed by atoms with E-state index in [4.69, 9.17) is 18.9 Å². The minimum Gasteiger partial charge on any atom is -0.456 e. The van der Waals surface area contributed by atoms with Gasteiger partial charge in [-0.05, 0) is 29.5 Å². The second-order valence-corrected chi connectivity index (χ2v) is 6.16. The highest BCUT2D eigenvalue weighted by molar-refractivity contribution is 14.1. The van der Waals surface area contributed by atoms with E-state index in [2.05, 4.69) is 0 Å². The maximum atomic E-state index is 11.3. The van der Waals surface area contributed by atoms with Gasteiger partial charge in [-0.2, -0.15) is 0 Å². The lowest BCUT2D eigenvalue weighted by atomic mass is 9.99. The molecule has 5 atom stereocenters. The monoisotopic (exact) mass is 416 g/mol. The molecule has 8 nitrogen and oxygen atoms in total. The highest BCUT2D eigenvalue weighted by Gasteiger charge is 2.57. The Bertz CT molecular complexity index is 435. The summed E-state index contributed by atoms with van der Waals surface area (Å²) in [7, 11) is 0. The summed E-state index contributed by atoms with van der Waals surface area (Å²) in [6, 6.07) is 0. The summed E-state index contributed by atoms with van der Waals surface area (Å²) in [5, 5.41) is 10.2. The third-order valence-electron chi connectivity index (χ3n) is 2.68. The summed E-state index contributed by atoms with van der Waals surface area (Å²) in [4.78, 5) is 33.7. The van der Waals surface area contributed by atoms with Crippen LogP contribution in [0.3, 0.4) is 0 Å².